The van der Waals surface area contributed by atoms with Crippen LogP contribution in [0.15, 0.2) is 35.4 Å². The molecule has 132 valence electrons. The van der Waals surface area contributed by atoms with Gasteiger partial charge in [-0.25, -0.2) is 5.01 Å². The SMILES string of the molecule is O=C(C[C@@H]1C[C@@H]2CC[C@@H]1C2)OCC(=O)N1CCC(c2ccccc2)=N1. The van der Waals surface area contributed by atoms with Gasteiger partial charge in [-0.15, -0.1) is 0 Å². The fourth-order valence-corrected chi connectivity index (χ4v) is 4.59. The van der Waals surface area contributed by atoms with Crippen molar-refractivity contribution in [3.8, 4) is 0 Å². The second-order valence-corrected chi connectivity index (χ2v) is 7.48. The highest BCUT2D eigenvalue weighted by Gasteiger charge is 2.40. The highest BCUT2D eigenvalue weighted by atomic mass is 16.5. The van der Waals surface area contributed by atoms with E-state index in [1.165, 1.54) is 24.3 Å². The number of amides is 1. The molecule has 5 heteroatoms. The van der Waals surface area contributed by atoms with Crippen LogP contribution in [0.25, 0.3) is 0 Å². The molecular formula is C20H24N2O3. The molecule has 0 radical (unpaired) electrons. The van der Waals surface area contributed by atoms with Crippen LogP contribution in [0.1, 0.15) is 44.1 Å². The van der Waals surface area contributed by atoms with E-state index in [1.54, 1.807) is 0 Å². The monoisotopic (exact) mass is 340 g/mol. The van der Waals surface area contributed by atoms with Crippen LogP contribution in [-0.2, 0) is 14.3 Å². The second-order valence-electron chi connectivity index (χ2n) is 7.48. The Morgan fingerprint density at radius 1 is 1.16 bits per heavy atom. The van der Waals surface area contributed by atoms with E-state index in [1.807, 2.05) is 30.3 Å². The Kier molecular flexibility index (Phi) is 4.55. The van der Waals surface area contributed by atoms with Crippen LogP contribution in [0, 0.1) is 17.8 Å². The summed E-state index contributed by atoms with van der Waals surface area (Å²) in [5.74, 6) is 1.50. The topological polar surface area (TPSA) is 59.0 Å². The van der Waals surface area contributed by atoms with Crippen LogP contribution in [0.5, 0.6) is 0 Å². The summed E-state index contributed by atoms with van der Waals surface area (Å²) in [4.78, 5) is 24.3. The summed E-state index contributed by atoms with van der Waals surface area (Å²) in [6, 6.07) is 9.85. The van der Waals surface area contributed by atoms with Crippen LogP contribution in [0.3, 0.4) is 0 Å². The van der Waals surface area contributed by atoms with E-state index in [2.05, 4.69) is 5.10 Å². The molecule has 0 saturated heterocycles. The fraction of sp³-hybridized carbons (Fsp3) is 0.550. The summed E-state index contributed by atoms with van der Waals surface area (Å²) < 4.78 is 5.23. The number of hydrogen-bond donors (Lipinski definition) is 0. The number of carbonyl (C=O) groups excluding carboxylic acids is 2. The van der Waals surface area contributed by atoms with E-state index in [0.29, 0.717) is 24.8 Å². The molecule has 1 aromatic carbocycles. The molecule has 4 rings (SSSR count). The molecule has 5 nitrogen and oxygen atoms in total. The molecule has 25 heavy (non-hydrogen) atoms. The van der Waals surface area contributed by atoms with Crippen LogP contribution in [0.2, 0.25) is 0 Å². The predicted octanol–water partition coefficient (Wildman–Crippen LogP) is 2.99. The van der Waals surface area contributed by atoms with Gasteiger partial charge >= 0.3 is 5.97 Å². The van der Waals surface area contributed by atoms with Crippen LogP contribution in [0.4, 0.5) is 0 Å². The Labute approximate surface area is 148 Å². The number of hydrazone groups is 1. The van der Waals surface area contributed by atoms with Crippen molar-refractivity contribution in [2.75, 3.05) is 13.2 Å². The minimum absolute atomic E-state index is 0.203. The second kappa shape index (κ2) is 6.98. The smallest absolute Gasteiger partial charge is 0.306 e. The molecule has 1 aromatic rings. The van der Waals surface area contributed by atoms with Crippen molar-refractivity contribution in [2.24, 2.45) is 22.9 Å². The molecule has 2 bridgehead atoms. The van der Waals surface area contributed by atoms with Crippen molar-refractivity contribution < 1.29 is 14.3 Å². The van der Waals surface area contributed by atoms with Crippen molar-refractivity contribution >= 4 is 17.6 Å². The quantitative estimate of drug-likeness (QED) is 0.774. The minimum atomic E-state index is -0.243. The van der Waals surface area contributed by atoms with Crippen LogP contribution in [-0.4, -0.2) is 35.7 Å². The largest absolute Gasteiger partial charge is 0.455 e. The lowest BCUT2D eigenvalue weighted by Crippen LogP contribution is -2.29. The van der Waals surface area contributed by atoms with Gasteiger partial charge in [-0.2, -0.15) is 5.10 Å². The van der Waals surface area contributed by atoms with Crippen LogP contribution < -0.4 is 0 Å². The number of benzene rings is 1. The van der Waals surface area contributed by atoms with Gasteiger partial charge in [0.05, 0.1) is 12.3 Å². The summed E-state index contributed by atoms with van der Waals surface area (Å²) in [6.45, 7) is 0.345. The Bertz CT molecular complexity index is 685. The third-order valence-corrected chi connectivity index (χ3v) is 5.87. The average molecular weight is 340 g/mol. The molecule has 1 heterocycles. The molecule has 2 aliphatic carbocycles. The van der Waals surface area contributed by atoms with Gasteiger partial charge < -0.3 is 4.74 Å². The molecular weight excluding hydrogens is 316 g/mol. The lowest BCUT2D eigenvalue weighted by molar-refractivity contribution is -0.153. The fourth-order valence-electron chi connectivity index (χ4n) is 4.59. The first kappa shape index (κ1) is 16.3. The Balaban J connectivity index is 1.25. The first-order valence-corrected chi connectivity index (χ1v) is 9.28. The molecule has 1 aliphatic heterocycles. The van der Waals surface area contributed by atoms with Gasteiger partial charge in [-0.3, -0.25) is 9.59 Å². The lowest BCUT2D eigenvalue weighted by Gasteiger charge is -2.20. The van der Waals surface area contributed by atoms with E-state index >= 15 is 0 Å². The molecule has 3 atom stereocenters. The Morgan fingerprint density at radius 3 is 2.72 bits per heavy atom. The first-order valence-electron chi connectivity index (χ1n) is 9.28. The molecule has 0 aromatic heterocycles. The Hall–Kier alpha value is -2.17. The standard InChI is InChI=1S/C20H24N2O3/c23-19(22-9-8-18(21-22)15-4-2-1-3-5-15)13-25-20(24)12-17-11-14-6-7-16(17)10-14/h1-5,14,16-17H,6-13H2/t14-,16-,17+/m1/s1. The maximum atomic E-state index is 12.2. The average Bonchev–Trinajstić information content (AvgIpc) is 3.37. The third kappa shape index (κ3) is 3.60. The molecule has 2 fully saturated rings. The van der Waals surface area contributed by atoms with E-state index in [-0.39, 0.29) is 18.5 Å². The number of hydrogen-bond acceptors (Lipinski definition) is 4. The van der Waals surface area contributed by atoms with Gasteiger partial charge in [0, 0.05) is 12.8 Å². The van der Waals surface area contributed by atoms with Gasteiger partial charge in [0.2, 0.25) is 0 Å². The first-order chi connectivity index (χ1) is 12.2. The predicted molar refractivity (Wildman–Crippen MR) is 93.8 cm³/mol. The highest BCUT2D eigenvalue weighted by molar-refractivity contribution is 6.02. The maximum Gasteiger partial charge on any atom is 0.306 e. The number of fused-ring (bicyclic) bond motifs is 2. The molecule has 3 aliphatic rings. The normalized spacial score (nSPS) is 27.4. The van der Waals surface area contributed by atoms with E-state index in [9.17, 15) is 9.59 Å². The lowest BCUT2D eigenvalue weighted by atomic mass is 9.86. The summed E-state index contributed by atoms with van der Waals surface area (Å²) in [5, 5.41) is 5.80. The van der Waals surface area contributed by atoms with Crippen molar-refractivity contribution in [3.05, 3.63) is 35.9 Å². The number of esters is 1. The van der Waals surface area contributed by atoms with E-state index in [0.717, 1.165) is 30.0 Å². The maximum absolute atomic E-state index is 12.2. The van der Waals surface area contributed by atoms with Gasteiger partial charge in [0.1, 0.15) is 0 Å². The van der Waals surface area contributed by atoms with Crippen molar-refractivity contribution in [2.45, 2.75) is 38.5 Å². The summed E-state index contributed by atoms with van der Waals surface area (Å²) in [6.07, 6.45) is 6.21. The molecule has 0 N–H and O–H groups in total. The van der Waals surface area contributed by atoms with Crippen molar-refractivity contribution in [1.29, 1.82) is 0 Å². The number of ether oxygens (including phenoxy) is 1. The van der Waals surface area contributed by atoms with Gasteiger partial charge in [-0.1, -0.05) is 36.8 Å². The molecule has 1 amide bonds. The minimum Gasteiger partial charge on any atom is -0.455 e. The zero-order valence-corrected chi connectivity index (χ0v) is 14.4. The zero-order chi connectivity index (χ0) is 17.2. The van der Waals surface area contributed by atoms with Gasteiger partial charge in [0.15, 0.2) is 6.61 Å². The summed E-state index contributed by atoms with van der Waals surface area (Å²) in [7, 11) is 0. The van der Waals surface area contributed by atoms with E-state index < -0.39 is 0 Å². The zero-order valence-electron chi connectivity index (χ0n) is 14.4. The van der Waals surface area contributed by atoms with E-state index in [4.69, 9.17) is 4.74 Å². The van der Waals surface area contributed by atoms with Crippen molar-refractivity contribution in [1.82, 2.24) is 5.01 Å². The third-order valence-electron chi connectivity index (χ3n) is 5.87. The number of rotatable bonds is 5. The van der Waals surface area contributed by atoms with Crippen LogP contribution >= 0.6 is 0 Å². The summed E-state index contributed by atoms with van der Waals surface area (Å²) >= 11 is 0. The number of nitrogens with zero attached hydrogens (tertiary/aromatic N) is 2. The highest BCUT2D eigenvalue weighted by Crippen LogP contribution is 2.49. The van der Waals surface area contributed by atoms with Crippen molar-refractivity contribution in [3.63, 3.8) is 0 Å². The number of carbonyl (C=O) groups is 2. The molecule has 0 spiro atoms. The van der Waals surface area contributed by atoms with Gasteiger partial charge in [-0.05, 0) is 42.6 Å². The molecule has 2 saturated carbocycles. The summed E-state index contributed by atoms with van der Waals surface area (Å²) in [5.41, 5.74) is 1.94. The Morgan fingerprint density at radius 2 is 2.00 bits per heavy atom. The molecule has 0 unspecified atom stereocenters. The van der Waals surface area contributed by atoms with Gasteiger partial charge in [0.25, 0.3) is 5.91 Å².